The molecule has 0 radical (unpaired) electrons. The maximum atomic E-state index is 11.9. The molecular formula is C25H47N5O13P2. The lowest BCUT2D eigenvalue weighted by Gasteiger charge is -2.30. The largest absolute Gasteiger partial charge is 0.752 e. The van der Waals surface area contributed by atoms with Gasteiger partial charge in [0.05, 0.1) is 27.7 Å². The molecule has 0 aromatic carbocycles. The second-order valence-corrected chi connectivity index (χ2v) is 14.8. The van der Waals surface area contributed by atoms with Crippen LogP contribution in [0.15, 0.2) is 17.1 Å². The summed E-state index contributed by atoms with van der Waals surface area (Å²) in [4.78, 5) is 50.0. The molecule has 2 unspecified atom stereocenters. The normalized spacial score (nSPS) is 25.2. The van der Waals surface area contributed by atoms with Crippen molar-refractivity contribution in [2.45, 2.75) is 69.5 Å². The number of nitrogen functional groups attached to an aromatic ring is 1. The number of phosphoric acid groups is 2. The standard InChI is InChI=1S/C13H25NO2.C12H22N4O11P2/c1-14(2)10-11-16-13(15)9-8-12-6-4-3-5-7-12;1-16(2,3)26-29(22,23)27-28(20,21)24-6-7-9(17)10(18)11(25-7)15-5-4-8(13)14-12(15)19/h12H,3-11H2,1-2H3;4-5,7,9-11,17-18H,6H2,1-3H3,(H3-,13,14,19,20,21,22,23)/t;7-,9-,10-,11-/m.1/s1. The van der Waals surface area contributed by atoms with Crippen LogP contribution in [0, 0.1) is 5.92 Å². The van der Waals surface area contributed by atoms with Crippen LogP contribution in [0.2, 0.25) is 0 Å². The third-order valence-corrected chi connectivity index (χ3v) is 9.49. The highest BCUT2D eigenvalue weighted by atomic mass is 31.3. The number of anilines is 1. The minimum Gasteiger partial charge on any atom is -0.752 e. The summed E-state index contributed by atoms with van der Waals surface area (Å²) in [6.45, 7) is 0.482. The summed E-state index contributed by atoms with van der Waals surface area (Å²) in [5.74, 6) is 0.679. The van der Waals surface area contributed by atoms with Gasteiger partial charge in [-0.3, -0.25) is 18.5 Å². The SMILES string of the molecule is CN(C)CCOC(=O)CCC1CCCCC1.C[N+](C)(C)OP(=O)([O-])OP(=O)(O)OC[C@H]1O[C@@H](n2ccc(N)nc2=O)[C@H](O)[C@@H]1O. The van der Waals surface area contributed by atoms with Crippen molar-refractivity contribution in [2.75, 3.05) is 60.7 Å². The summed E-state index contributed by atoms with van der Waals surface area (Å²) in [7, 11) is -2.51. The Balaban J connectivity index is 0.000000372. The van der Waals surface area contributed by atoms with E-state index in [4.69, 9.17) is 15.2 Å². The number of hydrogen-bond donors (Lipinski definition) is 4. The maximum absolute atomic E-state index is 11.9. The first kappa shape index (κ1) is 39.4. The predicted octanol–water partition coefficient (Wildman–Crippen LogP) is 0.136. The van der Waals surface area contributed by atoms with Crippen LogP contribution in [0.3, 0.4) is 0 Å². The zero-order valence-electron chi connectivity index (χ0n) is 26.3. The molecule has 1 aliphatic heterocycles. The number of aliphatic hydroxyl groups excluding tert-OH is 2. The van der Waals surface area contributed by atoms with E-state index in [1.165, 1.54) is 65.5 Å². The van der Waals surface area contributed by atoms with Crippen molar-refractivity contribution in [2.24, 2.45) is 5.92 Å². The second kappa shape index (κ2) is 17.4. The van der Waals surface area contributed by atoms with Crippen LogP contribution in [0.1, 0.15) is 51.2 Å². The number of likely N-dealkylation sites (N-methyl/N-ethyl adjacent to an activating group) is 1. The van der Waals surface area contributed by atoms with Crippen LogP contribution < -0.4 is 16.3 Å². The Morgan fingerprint density at radius 1 is 1.20 bits per heavy atom. The Kier molecular flexibility index (Phi) is 15.2. The van der Waals surface area contributed by atoms with Crippen LogP contribution in [0.5, 0.6) is 0 Å². The number of nitrogens with two attached hydrogens (primary N) is 1. The van der Waals surface area contributed by atoms with Gasteiger partial charge in [0.15, 0.2) is 6.23 Å². The van der Waals surface area contributed by atoms with Crippen molar-refractivity contribution in [3.05, 3.63) is 22.7 Å². The Hall–Kier alpha value is -1.79. The molecule has 2 fully saturated rings. The molecular weight excluding hydrogens is 640 g/mol. The number of rotatable bonds is 14. The summed E-state index contributed by atoms with van der Waals surface area (Å²) < 4.78 is 47.3. The number of carbonyl (C=O) groups excluding carboxylic acids is 1. The van der Waals surface area contributed by atoms with Gasteiger partial charge in [0.2, 0.25) is 0 Å². The number of hydrogen-bond acceptors (Lipinski definition) is 15. The van der Waals surface area contributed by atoms with E-state index >= 15 is 0 Å². The lowest BCUT2D eigenvalue weighted by molar-refractivity contribution is -1.04. The molecule has 3 rings (SSSR count). The van der Waals surface area contributed by atoms with Crippen molar-refractivity contribution in [1.82, 2.24) is 14.5 Å². The molecule has 20 heteroatoms. The average molecular weight is 688 g/mol. The topological polar surface area (TPSA) is 245 Å². The highest BCUT2D eigenvalue weighted by Crippen LogP contribution is 2.59. The summed E-state index contributed by atoms with van der Waals surface area (Å²) in [6.07, 6.45) is 3.42. The van der Waals surface area contributed by atoms with Gasteiger partial charge >= 0.3 is 27.3 Å². The number of esters is 1. The van der Waals surface area contributed by atoms with Crippen LogP contribution in [0.4, 0.5) is 5.82 Å². The van der Waals surface area contributed by atoms with Crippen LogP contribution >= 0.6 is 15.6 Å². The van der Waals surface area contributed by atoms with Crippen LogP contribution in [-0.2, 0) is 36.9 Å². The van der Waals surface area contributed by atoms with Gasteiger partial charge in [-0.05, 0) is 32.5 Å². The van der Waals surface area contributed by atoms with Crippen molar-refractivity contribution < 1.29 is 61.5 Å². The van der Waals surface area contributed by atoms with Crippen molar-refractivity contribution >= 4 is 27.4 Å². The molecule has 5 N–H and O–H groups in total. The molecule has 45 heavy (non-hydrogen) atoms. The van der Waals surface area contributed by atoms with Gasteiger partial charge in [-0.15, -0.1) is 4.62 Å². The van der Waals surface area contributed by atoms with Gasteiger partial charge in [-0.25, -0.2) is 13.7 Å². The lowest BCUT2D eigenvalue weighted by atomic mass is 9.86. The van der Waals surface area contributed by atoms with E-state index in [-0.39, 0.29) is 11.8 Å². The Morgan fingerprint density at radius 2 is 1.84 bits per heavy atom. The zero-order chi connectivity index (χ0) is 34.0. The van der Waals surface area contributed by atoms with Crippen molar-refractivity contribution in [3.63, 3.8) is 0 Å². The van der Waals surface area contributed by atoms with Gasteiger partial charge in [0.25, 0.3) is 0 Å². The lowest BCUT2D eigenvalue weighted by Crippen LogP contribution is -2.36. The first-order valence-electron chi connectivity index (χ1n) is 14.5. The smallest absolute Gasteiger partial charge is 0.478 e. The summed E-state index contributed by atoms with van der Waals surface area (Å²) >= 11 is 0. The van der Waals surface area contributed by atoms with E-state index in [0.29, 0.717) is 13.0 Å². The second-order valence-electron chi connectivity index (χ2n) is 11.9. The Morgan fingerprint density at radius 3 is 2.42 bits per heavy atom. The highest BCUT2D eigenvalue weighted by molar-refractivity contribution is 7.60. The van der Waals surface area contributed by atoms with E-state index in [2.05, 4.69) is 18.4 Å². The van der Waals surface area contributed by atoms with E-state index < -0.39 is 57.1 Å². The van der Waals surface area contributed by atoms with Crippen molar-refractivity contribution in [3.8, 4) is 0 Å². The van der Waals surface area contributed by atoms with Gasteiger partial charge < -0.3 is 40.1 Å². The van der Waals surface area contributed by atoms with Gasteiger partial charge in [-0.1, -0.05) is 32.1 Å². The number of aromatic nitrogens is 2. The van der Waals surface area contributed by atoms with E-state index in [9.17, 15) is 38.7 Å². The Labute approximate surface area is 262 Å². The summed E-state index contributed by atoms with van der Waals surface area (Å²) in [6, 6.07) is 1.25. The number of phosphoric ester groups is 1. The van der Waals surface area contributed by atoms with Gasteiger partial charge in [0.1, 0.15) is 30.7 Å². The molecule has 1 saturated heterocycles. The number of carbonyl (C=O) groups is 1. The molecule has 1 aromatic rings. The maximum Gasteiger partial charge on any atom is 0.478 e. The number of quaternary nitrogens is 1. The monoisotopic (exact) mass is 687 g/mol. The average Bonchev–Trinajstić information content (AvgIpc) is 3.18. The Bertz CT molecular complexity index is 1240. The minimum atomic E-state index is -5.23. The molecule has 0 bridgehead atoms. The number of aliphatic hydroxyl groups is 2. The van der Waals surface area contributed by atoms with Gasteiger partial charge in [-0.2, -0.15) is 9.63 Å². The summed E-state index contributed by atoms with van der Waals surface area (Å²) in [5, 5.41) is 20.1. The van der Waals surface area contributed by atoms with E-state index in [0.717, 1.165) is 23.5 Å². The first-order chi connectivity index (χ1) is 20.8. The quantitative estimate of drug-likeness (QED) is 0.0879. The van der Waals surface area contributed by atoms with Crippen molar-refractivity contribution in [1.29, 1.82) is 0 Å². The number of ether oxygens (including phenoxy) is 2. The molecule has 18 nitrogen and oxygen atoms in total. The minimum absolute atomic E-state index is 0.0209. The number of hydroxylamine groups is 3. The fraction of sp³-hybridized carbons (Fsp3) is 0.800. The van der Waals surface area contributed by atoms with E-state index in [1.54, 1.807) is 0 Å². The van der Waals surface area contributed by atoms with Gasteiger partial charge in [0, 0.05) is 19.2 Å². The molecule has 6 atom stereocenters. The molecule has 1 saturated carbocycles. The van der Waals surface area contributed by atoms with Crippen LogP contribution in [-0.4, -0.2) is 113 Å². The fourth-order valence-electron chi connectivity index (χ4n) is 4.56. The third-order valence-electron chi connectivity index (χ3n) is 6.70. The summed E-state index contributed by atoms with van der Waals surface area (Å²) in [5.41, 5.74) is 4.50. The molecule has 260 valence electrons. The molecule has 0 spiro atoms. The molecule has 2 heterocycles. The third kappa shape index (κ3) is 14.7. The predicted molar refractivity (Wildman–Crippen MR) is 158 cm³/mol. The zero-order valence-corrected chi connectivity index (χ0v) is 28.1. The van der Waals surface area contributed by atoms with Crippen LogP contribution in [0.25, 0.3) is 0 Å². The molecule has 2 aliphatic rings. The molecule has 0 amide bonds. The molecule has 1 aliphatic carbocycles. The molecule has 1 aromatic heterocycles. The first-order valence-corrected chi connectivity index (χ1v) is 17.4. The van der Waals surface area contributed by atoms with E-state index in [1.807, 2.05) is 19.0 Å². The highest BCUT2D eigenvalue weighted by Gasteiger charge is 2.45. The number of nitrogens with zero attached hydrogens (tertiary/aromatic N) is 4. The fourth-order valence-corrected chi connectivity index (χ4v) is 6.81.